The second kappa shape index (κ2) is 15.7. The van der Waals surface area contributed by atoms with Crippen LogP contribution in [0.5, 0.6) is 11.5 Å². The molecule has 1 aliphatic heterocycles. The van der Waals surface area contributed by atoms with Crippen molar-refractivity contribution in [1.29, 1.82) is 0 Å². The molecule has 4 atom stereocenters. The molecule has 6 rings (SSSR count). The Kier molecular flexibility index (Phi) is 10.9. The molecule has 1 unspecified atom stereocenters. The smallest absolute Gasteiger partial charge is 0.695 e. The van der Waals surface area contributed by atoms with Gasteiger partial charge in [-0.2, -0.15) is 0 Å². The van der Waals surface area contributed by atoms with E-state index in [0.717, 1.165) is 16.7 Å². The predicted octanol–water partition coefficient (Wildman–Crippen LogP) is 5.53. The van der Waals surface area contributed by atoms with Crippen molar-refractivity contribution in [2.75, 3.05) is 20.8 Å². The monoisotopic (exact) mass is 697 g/mol. The van der Waals surface area contributed by atoms with Crippen molar-refractivity contribution in [2.24, 2.45) is 4.99 Å². The van der Waals surface area contributed by atoms with E-state index in [1.54, 1.807) is 24.9 Å². The number of hydrogen-bond acceptors (Lipinski definition) is 11. The zero-order chi connectivity index (χ0) is 35.1. The van der Waals surface area contributed by atoms with Crippen molar-refractivity contribution >= 4 is 31.1 Å². The summed E-state index contributed by atoms with van der Waals surface area (Å²) in [6.07, 6.45) is 2.98. The van der Waals surface area contributed by atoms with Crippen LogP contribution in [0.15, 0.2) is 109 Å². The summed E-state index contributed by atoms with van der Waals surface area (Å²) in [5.41, 5.74) is 2.00. The van der Waals surface area contributed by atoms with Gasteiger partial charge in [0.25, 0.3) is 0 Å². The Morgan fingerprint density at radius 1 is 1.02 bits per heavy atom. The highest BCUT2D eigenvalue weighted by molar-refractivity contribution is 7.32. The zero-order valence-corrected chi connectivity index (χ0v) is 28.4. The van der Waals surface area contributed by atoms with Gasteiger partial charge in [-0.1, -0.05) is 60.7 Å². The van der Waals surface area contributed by atoms with Crippen LogP contribution in [0.2, 0.25) is 0 Å². The quantitative estimate of drug-likeness (QED) is 0.0481. The van der Waals surface area contributed by atoms with Crippen molar-refractivity contribution in [2.45, 2.75) is 43.3 Å². The first-order chi connectivity index (χ1) is 24.4. The van der Waals surface area contributed by atoms with Crippen molar-refractivity contribution in [3.05, 3.63) is 121 Å². The molecule has 1 fully saturated rings. The van der Waals surface area contributed by atoms with E-state index in [1.807, 2.05) is 78.9 Å². The van der Waals surface area contributed by atoms with Gasteiger partial charge in [0.1, 0.15) is 41.9 Å². The first-order valence-corrected chi connectivity index (χ1v) is 17.0. The molecule has 3 heterocycles. The average Bonchev–Trinajstić information content (AvgIpc) is 3.76. The Hall–Kier alpha value is -5.04. The van der Waals surface area contributed by atoms with Crippen molar-refractivity contribution in [3.8, 4) is 11.5 Å². The number of benzene rings is 3. The molecule has 0 spiro atoms. The van der Waals surface area contributed by atoms with Gasteiger partial charge in [0.15, 0.2) is 17.0 Å². The topological polar surface area (TPSA) is 162 Å². The molecule has 0 aliphatic carbocycles. The molecule has 1 saturated heterocycles. The van der Waals surface area contributed by atoms with E-state index in [-0.39, 0.29) is 31.2 Å². The number of hydrogen-bond donors (Lipinski definition) is 1. The molecule has 3 aromatic carbocycles. The summed E-state index contributed by atoms with van der Waals surface area (Å²) in [4.78, 5) is 26.9. The highest BCUT2D eigenvalue weighted by atomic mass is 31.1. The van der Waals surface area contributed by atoms with Gasteiger partial charge in [-0.05, 0) is 59.7 Å². The summed E-state index contributed by atoms with van der Waals surface area (Å²) in [7, 11) is 0.236. The van der Waals surface area contributed by atoms with Crippen molar-refractivity contribution in [1.82, 2.24) is 19.5 Å². The van der Waals surface area contributed by atoms with Crippen LogP contribution in [0.25, 0.3) is 11.2 Å². The Morgan fingerprint density at radius 3 is 2.26 bits per heavy atom. The first-order valence-electron chi connectivity index (χ1n) is 15.9. The minimum Gasteiger partial charge on any atom is -0.862 e. The maximum atomic E-state index is 12.4. The third kappa shape index (κ3) is 7.28. The second-order valence-corrected chi connectivity index (χ2v) is 12.1. The molecule has 0 saturated carbocycles. The molecule has 0 bridgehead atoms. The van der Waals surface area contributed by atoms with Gasteiger partial charge in [-0.3, -0.25) is 4.57 Å². The minimum atomic E-state index is -2.97. The normalized spacial score (nSPS) is 18.3. The fraction of sp³-hybridized carbons (Fsp3) is 0.278. The van der Waals surface area contributed by atoms with E-state index in [9.17, 15) is 14.6 Å². The maximum Gasteiger partial charge on any atom is 0.695 e. The van der Waals surface area contributed by atoms with Crippen LogP contribution in [0.1, 0.15) is 42.2 Å². The molecular formula is C36H36N5O8P. The second-order valence-electron chi connectivity index (χ2n) is 11.4. The van der Waals surface area contributed by atoms with Gasteiger partial charge in [-0.15, -0.1) is 16.0 Å². The Bertz CT molecular complexity index is 1910. The van der Waals surface area contributed by atoms with Gasteiger partial charge in [0.2, 0.25) is 0 Å². The maximum absolute atomic E-state index is 12.4. The van der Waals surface area contributed by atoms with Crippen LogP contribution in [-0.4, -0.2) is 63.3 Å². The molecule has 13 nitrogen and oxygen atoms in total. The van der Waals surface area contributed by atoms with E-state index < -0.39 is 32.3 Å². The Morgan fingerprint density at radius 2 is 1.66 bits per heavy atom. The van der Waals surface area contributed by atoms with Gasteiger partial charge >= 0.3 is 8.25 Å². The summed E-state index contributed by atoms with van der Waals surface area (Å²) in [6.45, 7) is 3.60. The van der Waals surface area contributed by atoms with Gasteiger partial charge in [0.05, 0.1) is 27.2 Å². The van der Waals surface area contributed by atoms with Crippen molar-refractivity contribution < 1.29 is 38.0 Å². The molecule has 50 heavy (non-hydrogen) atoms. The third-order valence-corrected chi connectivity index (χ3v) is 8.94. The summed E-state index contributed by atoms with van der Waals surface area (Å²) in [6, 6.07) is 25.0. The summed E-state index contributed by atoms with van der Waals surface area (Å²) in [5.74, 6) is 1.14. The molecule has 5 aromatic rings. The van der Waals surface area contributed by atoms with Gasteiger partial charge in [0, 0.05) is 11.0 Å². The van der Waals surface area contributed by atoms with Gasteiger partial charge < -0.3 is 24.1 Å². The summed E-state index contributed by atoms with van der Waals surface area (Å²) in [5, 5.41) is 12.4. The van der Waals surface area contributed by atoms with E-state index in [2.05, 4.69) is 26.5 Å². The zero-order valence-electron chi connectivity index (χ0n) is 27.5. The SMILES string of the molecule is C=CCCC([O-])=Nc1ncnc2c1ncn2[C@H]1C[C@H](O[P+](=O)O)[C@@H](COC(c2ccccc2)(c2ccc(OC)cc2)c2ccc(OC)cc2)O1. The van der Waals surface area contributed by atoms with Crippen LogP contribution < -0.4 is 14.6 Å². The van der Waals surface area contributed by atoms with Crippen molar-refractivity contribution in [3.63, 3.8) is 0 Å². The molecule has 2 aromatic heterocycles. The summed E-state index contributed by atoms with van der Waals surface area (Å²) < 4.78 is 43.6. The van der Waals surface area contributed by atoms with Gasteiger partial charge in [-0.25, -0.2) is 19.9 Å². The predicted molar refractivity (Wildman–Crippen MR) is 183 cm³/mol. The van der Waals surface area contributed by atoms with Crippen LogP contribution in [0.3, 0.4) is 0 Å². The Balaban J connectivity index is 1.36. The molecule has 258 valence electrons. The van der Waals surface area contributed by atoms with Crippen LogP contribution in [0, 0.1) is 0 Å². The minimum absolute atomic E-state index is 0.0444. The standard InChI is InChI=1S/C36H36N5O8P/c1-4-5-11-31(42)40-34-33-35(38-22-37-34)41(23-39-33)32-20-29(49-50(43)44)30(48-32)21-47-36(24-9-7-6-8-10-24,25-12-16-27(45-2)17-13-25)26-14-18-28(46-3)19-15-26/h4,6-10,12-19,22-23,29-30,32H,1,5,11,20-21H2,2-3H3,(H-,37,38,40,42,43,44)/t29-,30+,32+/m0/s1. The third-order valence-electron chi connectivity index (χ3n) is 8.49. The molecular weight excluding hydrogens is 661 g/mol. The fourth-order valence-corrected chi connectivity index (χ4v) is 6.51. The highest BCUT2D eigenvalue weighted by Gasteiger charge is 2.46. The number of ether oxygens (including phenoxy) is 4. The molecule has 0 radical (unpaired) electrons. The number of aromatic nitrogens is 4. The first kappa shape index (κ1) is 34.8. The lowest BCUT2D eigenvalue weighted by Gasteiger charge is -2.37. The largest absolute Gasteiger partial charge is 0.862 e. The lowest BCUT2D eigenvalue weighted by atomic mass is 9.80. The van der Waals surface area contributed by atoms with Crippen LogP contribution in [0.4, 0.5) is 5.82 Å². The number of fused-ring (bicyclic) bond motifs is 1. The molecule has 14 heteroatoms. The number of allylic oxidation sites excluding steroid dienone is 1. The van der Waals surface area contributed by atoms with E-state index in [0.29, 0.717) is 29.1 Å². The number of nitrogens with zero attached hydrogens (tertiary/aromatic N) is 5. The summed E-state index contributed by atoms with van der Waals surface area (Å²) >= 11 is 0. The number of methoxy groups -OCH3 is 2. The highest BCUT2D eigenvalue weighted by Crippen LogP contribution is 2.44. The number of imidazole rings is 1. The van der Waals surface area contributed by atoms with Crippen LogP contribution in [-0.2, 0) is 24.2 Å². The molecule has 1 N–H and O–H groups in total. The average molecular weight is 698 g/mol. The molecule has 1 aliphatic rings. The van der Waals surface area contributed by atoms with Crippen LogP contribution >= 0.6 is 8.25 Å². The lowest BCUT2D eigenvalue weighted by molar-refractivity contribution is -0.218. The molecule has 0 amide bonds. The fourth-order valence-electron chi connectivity index (χ4n) is 6.06. The number of rotatable bonds is 15. The van der Waals surface area contributed by atoms with E-state index >= 15 is 0 Å². The number of aliphatic imine (C=N–C) groups is 1. The Labute approximate surface area is 289 Å². The van der Waals surface area contributed by atoms with E-state index in [4.69, 9.17) is 23.5 Å². The lowest BCUT2D eigenvalue weighted by Crippen LogP contribution is -2.38. The van der Waals surface area contributed by atoms with E-state index in [1.165, 1.54) is 12.7 Å².